The van der Waals surface area contributed by atoms with Gasteiger partial charge in [0.15, 0.2) is 23.1 Å². The average molecular weight is 507 g/mol. The van der Waals surface area contributed by atoms with E-state index in [4.69, 9.17) is 9.47 Å². The van der Waals surface area contributed by atoms with Gasteiger partial charge >= 0.3 is 5.97 Å². The maximum absolute atomic E-state index is 14.9. The van der Waals surface area contributed by atoms with E-state index in [-0.39, 0.29) is 29.8 Å². The maximum atomic E-state index is 14.9. The first-order valence-corrected chi connectivity index (χ1v) is 13.1. The van der Waals surface area contributed by atoms with E-state index in [1.807, 2.05) is 0 Å². The van der Waals surface area contributed by atoms with Crippen LogP contribution in [0.2, 0.25) is 0 Å². The molecular formula is C29H34F4O3. The Kier molecular flexibility index (Phi) is 8.58. The van der Waals surface area contributed by atoms with Crippen molar-refractivity contribution in [1.82, 2.24) is 0 Å². The fraction of sp³-hybridized carbons (Fsp3) is 0.552. The minimum atomic E-state index is -1.13. The summed E-state index contributed by atoms with van der Waals surface area (Å²) in [7, 11) is 0. The second-order valence-electron chi connectivity index (χ2n) is 10.1. The third kappa shape index (κ3) is 5.55. The zero-order valence-electron chi connectivity index (χ0n) is 20.9. The Hall–Kier alpha value is -2.57. The molecule has 2 aromatic carbocycles. The fourth-order valence-electron chi connectivity index (χ4n) is 5.78. The Morgan fingerprint density at radius 3 is 1.75 bits per heavy atom. The molecule has 0 radical (unpaired) electrons. The molecule has 0 unspecified atom stereocenters. The third-order valence-corrected chi connectivity index (χ3v) is 8.03. The molecular weight excluding hydrogens is 472 g/mol. The summed E-state index contributed by atoms with van der Waals surface area (Å²) in [6, 6.07) is 5.84. The van der Waals surface area contributed by atoms with Crippen molar-refractivity contribution >= 4 is 5.97 Å². The van der Waals surface area contributed by atoms with Crippen molar-refractivity contribution < 1.29 is 31.8 Å². The highest BCUT2D eigenvalue weighted by Gasteiger charge is 2.32. The van der Waals surface area contributed by atoms with Gasteiger partial charge in [0.25, 0.3) is 0 Å². The Labute approximate surface area is 210 Å². The normalized spacial score (nSPS) is 24.4. The molecule has 0 atom stereocenters. The summed E-state index contributed by atoms with van der Waals surface area (Å²) in [6.45, 7) is 4.08. The van der Waals surface area contributed by atoms with Gasteiger partial charge in [0, 0.05) is 0 Å². The van der Waals surface area contributed by atoms with Crippen LogP contribution in [0.3, 0.4) is 0 Å². The summed E-state index contributed by atoms with van der Waals surface area (Å²) in [5, 5.41) is 0. The topological polar surface area (TPSA) is 35.5 Å². The van der Waals surface area contributed by atoms with E-state index in [1.165, 1.54) is 24.3 Å². The first-order chi connectivity index (χ1) is 17.3. The van der Waals surface area contributed by atoms with Crippen LogP contribution < -0.4 is 9.47 Å². The van der Waals surface area contributed by atoms with Crippen LogP contribution in [0.25, 0.3) is 0 Å². The van der Waals surface area contributed by atoms with E-state index < -0.39 is 40.9 Å². The smallest absolute Gasteiger partial charge is 0.314 e. The quantitative estimate of drug-likeness (QED) is 0.216. The Morgan fingerprint density at radius 1 is 0.722 bits per heavy atom. The SMILES string of the molecule is CCOc1ccc(C2CCC(C(=O)Oc3ccc(C4CCC(CC)CC4)c(F)c3F)CC2)c(F)c1F. The number of carbonyl (C=O) groups excluding carboxylic acids is 1. The second-order valence-corrected chi connectivity index (χ2v) is 10.1. The third-order valence-electron chi connectivity index (χ3n) is 8.03. The lowest BCUT2D eigenvalue weighted by Crippen LogP contribution is -2.26. The van der Waals surface area contributed by atoms with Gasteiger partial charge in [-0.15, -0.1) is 0 Å². The van der Waals surface area contributed by atoms with Gasteiger partial charge in [-0.25, -0.2) is 8.78 Å². The largest absolute Gasteiger partial charge is 0.491 e. The van der Waals surface area contributed by atoms with Crippen LogP contribution >= 0.6 is 0 Å². The molecule has 2 aliphatic carbocycles. The molecule has 0 amide bonds. The zero-order chi connectivity index (χ0) is 25.8. The highest BCUT2D eigenvalue weighted by molar-refractivity contribution is 5.75. The number of rotatable bonds is 7. The number of halogens is 4. The van der Waals surface area contributed by atoms with Crippen LogP contribution in [0.4, 0.5) is 17.6 Å². The van der Waals surface area contributed by atoms with Gasteiger partial charge in [-0.2, -0.15) is 8.78 Å². The number of hydrogen-bond donors (Lipinski definition) is 0. The molecule has 36 heavy (non-hydrogen) atoms. The van der Waals surface area contributed by atoms with Gasteiger partial charge in [0.1, 0.15) is 0 Å². The van der Waals surface area contributed by atoms with E-state index in [1.54, 1.807) is 6.92 Å². The molecule has 2 saturated carbocycles. The molecule has 0 N–H and O–H groups in total. The summed E-state index contributed by atoms with van der Waals surface area (Å²) in [5.41, 5.74) is 0.617. The molecule has 3 nitrogen and oxygen atoms in total. The lowest BCUT2D eigenvalue weighted by molar-refractivity contribution is -0.140. The minimum Gasteiger partial charge on any atom is -0.491 e. The van der Waals surface area contributed by atoms with Crippen LogP contribution in [0.15, 0.2) is 24.3 Å². The standard InChI is InChI=1S/C29H34F4O3/c1-3-17-5-7-18(8-6-17)22-14-16-24(28(33)26(22)31)36-29(34)20-11-9-19(10-12-20)21-13-15-23(35-4-2)27(32)25(21)30/h13-20H,3-12H2,1-2H3. The van der Waals surface area contributed by atoms with Crippen molar-refractivity contribution in [3.8, 4) is 11.5 Å². The monoisotopic (exact) mass is 506 g/mol. The van der Waals surface area contributed by atoms with Crippen LogP contribution in [0.1, 0.15) is 94.6 Å². The molecule has 4 rings (SSSR count). The molecule has 0 spiro atoms. The van der Waals surface area contributed by atoms with E-state index in [0.717, 1.165) is 32.1 Å². The molecule has 0 saturated heterocycles. The number of carbonyl (C=O) groups is 1. The van der Waals surface area contributed by atoms with E-state index in [9.17, 15) is 22.4 Å². The van der Waals surface area contributed by atoms with Gasteiger partial charge in [0.2, 0.25) is 11.6 Å². The molecule has 7 heteroatoms. The predicted octanol–water partition coefficient (Wildman–Crippen LogP) is 8.20. The van der Waals surface area contributed by atoms with Crippen LogP contribution in [0.5, 0.6) is 11.5 Å². The molecule has 196 valence electrons. The summed E-state index contributed by atoms with van der Waals surface area (Å²) < 4.78 is 68.9. The lowest BCUT2D eigenvalue weighted by Gasteiger charge is -2.29. The average Bonchev–Trinajstić information content (AvgIpc) is 2.90. The molecule has 2 aromatic rings. The fourth-order valence-corrected chi connectivity index (χ4v) is 5.78. The first-order valence-electron chi connectivity index (χ1n) is 13.1. The lowest BCUT2D eigenvalue weighted by atomic mass is 9.77. The van der Waals surface area contributed by atoms with Gasteiger partial charge in [-0.1, -0.05) is 25.5 Å². The van der Waals surface area contributed by atoms with Crippen molar-refractivity contribution in [2.45, 2.75) is 83.5 Å². The second kappa shape index (κ2) is 11.7. The number of ether oxygens (including phenoxy) is 2. The van der Waals surface area contributed by atoms with Crippen LogP contribution in [-0.2, 0) is 4.79 Å². The summed E-state index contributed by atoms with van der Waals surface area (Å²) in [4.78, 5) is 12.7. The van der Waals surface area contributed by atoms with Crippen molar-refractivity contribution in [3.05, 3.63) is 58.7 Å². The molecule has 0 aliphatic heterocycles. The highest BCUT2D eigenvalue weighted by Crippen LogP contribution is 2.41. The summed E-state index contributed by atoms with van der Waals surface area (Å²) in [5.74, 6) is -5.25. The molecule has 0 bridgehead atoms. The van der Waals surface area contributed by atoms with Gasteiger partial charge in [-0.05, 0) is 99.3 Å². The number of esters is 1. The van der Waals surface area contributed by atoms with Gasteiger partial charge in [-0.3, -0.25) is 4.79 Å². The summed E-state index contributed by atoms with van der Waals surface area (Å²) >= 11 is 0. The molecule has 0 aromatic heterocycles. The van der Waals surface area contributed by atoms with Gasteiger partial charge < -0.3 is 9.47 Å². The maximum Gasteiger partial charge on any atom is 0.314 e. The predicted molar refractivity (Wildman–Crippen MR) is 129 cm³/mol. The molecule has 2 aliphatic rings. The van der Waals surface area contributed by atoms with E-state index in [0.29, 0.717) is 37.2 Å². The highest BCUT2D eigenvalue weighted by atomic mass is 19.2. The number of hydrogen-bond acceptors (Lipinski definition) is 3. The number of benzene rings is 2. The van der Waals surface area contributed by atoms with E-state index >= 15 is 0 Å². The summed E-state index contributed by atoms with van der Waals surface area (Å²) in [6.07, 6.45) is 6.48. The molecule has 0 heterocycles. The Balaban J connectivity index is 1.36. The van der Waals surface area contributed by atoms with Crippen LogP contribution in [-0.4, -0.2) is 12.6 Å². The molecule has 2 fully saturated rings. The van der Waals surface area contributed by atoms with E-state index in [2.05, 4.69) is 6.92 Å². The van der Waals surface area contributed by atoms with Crippen molar-refractivity contribution in [3.63, 3.8) is 0 Å². The Morgan fingerprint density at radius 2 is 1.22 bits per heavy atom. The minimum absolute atomic E-state index is 0.0184. The van der Waals surface area contributed by atoms with Crippen molar-refractivity contribution in [2.75, 3.05) is 6.61 Å². The first kappa shape index (κ1) is 26.5. The van der Waals surface area contributed by atoms with Crippen molar-refractivity contribution in [2.24, 2.45) is 11.8 Å². The zero-order valence-corrected chi connectivity index (χ0v) is 20.9. The van der Waals surface area contributed by atoms with Crippen molar-refractivity contribution in [1.29, 1.82) is 0 Å². The van der Waals surface area contributed by atoms with Gasteiger partial charge in [0.05, 0.1) is 12.5 Å². The van der Waals surface area contributed by atoms with Crippen LogP contribution in [0, 0.1) is 35.1 Å². The Bertz CT molecular complexity index is 1070.